The molecule has 0 radical (unpaired) electrons. The molecule has 23 heavy (non-hydrogen) atoms. The van der Waals surface area contributed by atoms with E-state index in [1.165, 1.54) is 47.5 Å². The first-order valence-electron chi connectivity index (χ1n) is 8.33. The Morgan fingerprint density at radius 2 is 1.78 bits per heavy atom. The molecule has 5 rings (SSSR count). The second-order valence-electron chi connectivity index (χ2n) is 6.29. The summed E-state index contributed by atoms with van der Waals surface area (Å²) >= 11 is 1.99. The highest BCUT2D eigenvalue weighted by Crippen LogP contribution is 2.39. The van der Waals surface area contributed by atoms with Gasteiger partial charge in [-0.2, -0.15) is 0 Å². The van der Waals surface area contributed by atoms with Gasteiger partial charge >= 0.3 is 0 Å². The second-order valence-corrected chi connectivity index (χ2v) is 7.37. The molecule has 0 saturated heterocycles. The van der Waals surface area contributed by atoms with Crippen LogP contribution < -0.4 is 0 Å². The molecule has 0 fully saturated rings. The van der Waals surface area contributed by atoms with Crippen LogP contribution in [0.2, 0.25) is 0 Å². The lowest BCUT2D eigenvalue weighted by atomic mass is 9.95. The number of hydrogen-bond acceptors (Lipinski definition) is 2. The minimum Gasteiger partial charge on any atom is -0.306 e. The molecule has 0 atom stereocenters. The van der Waals surface area contributed by atoms with E-state index in [1.807, 2.05) is 11.3 Å². The number of hydrogen-bond donors (Lipinski definition) is 0. The Morgan fingerprint density at radius 1 is 0.913 bits per heavy atom. The fourth-order valence-electron chi connectivity index (χ4n) is 3.80. The zero-order valence-corrected chi connectivity index (χ0v) is 13.8. The average Bonchev–Trinajstić information content (AvgIpc) is 3.18. The summed E-state index contributed by atoms with van der Waals surface area (Å²) in [4.78, 5) is 6.63. The van der Waals surface area contributed by atoms with Gasteiger partial charge < -0.3 is 4.57 Å². The number of thiophene rings is 1. The van der Waals surface area contributed by atoms with Crippen LogP contribution in [0, 0.1) is 0 Å². The third-order valence-electron chi connectivity index (χ3n) is 4.91. The highest BCUT2D eigenvalue weighted by molar-refractivity contribution is 7.15. The molecule has 0 amide bonds. The number of nitrogens with zero attached hydrogens (tertiary/aromatic N) is 2. The van der Waals surface area contributed by atoms with Crippen molar-refractivity contribution < 1.29 is 0 Å². The fraction of sp³-hybridized carbons (Fsp3) is 0.250. The van der Waals surface area contributed by atoms with E-state index in [2.05, 4.69) is 53.2 Å². The summed E-state index contributed by atoms with van der Waals surface area (Å²) in [6.07, 6.45) is 7.33. The van der Waals surface area contributed by atoms with E-state index in [1.54, 1.807) is 10.4 Å². The van der Waals surface area contributed by atoms with Crippen molar-refractivity contribution in [1.82, 2.24) is 4.57 Å². The van der Waals surface area contributed by atoms with Crippen LogP contribution in [0.1, 0.15) is 40.1 Å². The van der Waals surface area contributed by atoms with Gasteiger partial charge in [0, 0.05) is 22.2 Å². The van der Waals surface area contributed by atoms with Crippen molar-refractivity contribution >= 4 is 17.0 Å². The molecule has 1 aliphatic heterocycles. The van der Waals surface area contributed by atoms with Gasteiger partial charge in [0.2, 0.25) is 0 Å². The number of fused-ring (bicyclic) bond motifs is 5. The Balaban J connectivity index is 1.72. The van der Waals surface area contributed by atoms with Crippen LogP contribution in [-0.4, -0.2) is 10.3 Å². The molecular weight excluding hydrogens is 300 g/mol. The summed E-state index contributed by atoms with van der Waals surface area (Å²) in [5, 5.41) is 1.39. The number of aryl methyl sites for hydroxylation is 1. The average molecular weight is 318 g/mol. The Hall–Kier alpha value is -2.13. The van der Waals surface area contributed by atoms with Crippen molar-refractivity contribution in [2.24, 2.45) is 4.99 Å². The van der Waals surface area contributed by atoms with E-state index in [9.17, 15) is 0 Å². The van der Waals surface area contributed by atoms with E-state index >= 15 is 0 Å². The molecule has 0 spiro atoms. The molecule has 0 saturated carbocycles. The van der Waals surface area contributed by atoms with Gasteiger partial charge in [0.25, 0.3) is 0 Å². The third kappa shape index (κ3) is 2.03. The minimum atomic E-state index is 0.813. The SMILES string of the molecule is c1ccc(C2=NCc3c(sc4c3CCCC4)-n3cccc32)cc1. The minimum absolute atomic E-state index is 0.813. The van der Waals surface area contributed by atoms with Crippen molar-refractivity contribution in [2.45, 2.75) is 32.2 Å². The van der Waals surface area contributed by atoms with Crippen LogP contribution in [0.15, 0.2) is 53.7 Å². The first-order chi connectivity index (χ1) is 11.4. The van der Waals surface area contributed by atoms with Gasteiger partial charge in [-0.25, -0.2) is 0 Å². The molecular formula is C20H18N2S. The highest BCUT2D eigenvalue weighted by atomic mass is 32.1. The van der Waals surface area contributed by atoms with Gasteiger partial charge in [-0.15, -0.1) is 11.3 Å². The maximum absolute atomic E-state index is 5.03. The Morgan fingerprint density at radius 3 is 2.70 bits per heavy atom. The van der Waals surface area contributed by atoms with Crippen LogP contribution in [-0.2, 0) is 19.4 Å². The maximum Gasteiger partial charge on any atom is 0.105 e. The smallest absolute Gasteiger partial charge is 0.105 e. The van der Waals surface area contributed by atoms with E-state index in [0.717, 1.165) is 12.3 Å². The molecule has 2 aliphatic rings. The number of aliphatic imine (C=N–C) groups is 1. The zero-order chi connectivity index (χ0) is 15.2. The van der Waals surface area contributed by atoms with E-state index in [0.29, 0.717) is 0 Å². The van der Waals surface area contributed by atoms with Gasteiger partial charge in [0.15, 0.2) is 0 Å². The molecule has 114 valence electrons. The molecule has 3 aromatic rings. The molecule has 1 aliphatic carbocycles. The topological polar surface area (TPSA) is 17.3 Å². The Bertz CT molecular complexity index is 899. The Labute approximate surface area is 140 Å². The second kappa shape index (κ2) is 5.20. The number of aromatic nitrogens is 1. The predicted octanol–water partition coefficient (Wildman–Crippen LogP) is 4.77. The Kier molecular flexibility index (Phi) is 3.01. The molecule has 0 unspecified atom stereocenters. The van der Waals surface area contributed by atoms with Crippen molar-refractivity contribution in [3.8, 4) is 5.00 Å². The molecule has 2 nitrogen and oxygen atoms in total. The fourth-order valence-corrected chi connectivity index (χ4v) is 5.20. The molecule has 0 bridgehead atoms. The van der Waals surface area contributed by atoms with E-state index in [4.69, 9.17) is 4.99 Å². The molecule has 0 N–H and O–H groups in total. The van der Waals surface area contributed by atoms with Crippen LogP contribution in [0.4, 0.5) is 0 Å². The summed E-state index contributed by atoms with van der Waals surface area (Å²) < 4.78 is 2.36. The molecule has 3 heteroatoms. The lowest BCUT2D eigenvalue weighted by Crippen LogP contribution is -2.07. The maximum atomic E-state index is 5.03. The monoisotopic (exact) mass is 318 g/mol. The van der Waals surface area contributed by atoms with E-state index in [-0.39, 0.29) is 0 Å². The summed E-state index contributed by atoms with van der Waals surface area (Å²) in [7, 11) is 0. The van der Waals surface area contributed by atoms with Crippen molar-refractivity contribution in [3.05, 3.63) is 75.9 Å². The van der Waals surface area contributed by atoms with Crippen LogP contribution in [0.25, 0.3) is 5.00 Å². The largest absolute Gasteiger partial charge is 0.306 e. The van der Waals surface area contributed by atoms with Gasteiger partial charge in [-0.1, -0.05) is 30.3 Å². The van der Waals surface area contributed by atoms with Crippen LogP contribution in [0.3, 0.4) is 0 Å². The predicted molar refractivity (Wildman–Crippen MR) is 96.1 cm³/mol. The third-order valence-corrected chi connectivity index (χ3v) is 6.25. The first-order valence-corrected chi connectivity index (χ1v) is 9.15. The zero-order valence-electron chi connectivity index (χ0n) is 13.0. The summed E-state index contributed by atoms with van der Waals surface area (Å²) in [5.41, 5.74) is 6.59. The number of rotatable bonds is 1. The summed E-state index contributed by atoms with van der Waals surface area (Å²) in [6, 6.07) is 14.9. The molecule has 2 aromatic heterocycles. The standard InChI is InChI=1S/C20H18N2S/c1-2-7-14(8-3-1)19-17-10-6-12-22(17)20-16(13-21-19)15-9-4-5-11-18(15)23-20/h1-3,6-8,10,12H,4-5,9,11,13H2. The lowest BCUT2D eigenvalue weighted by Gasteiger charge is -2.11. The summed E-state index contributed by atoms with van der Waals surface area (Å²) in [6.45, 7) is 0.813. The van der Waals surface area contributed by atoms with Crippen molar-refractivity contribution in [1.29, 1.82) is 0 Å². The van der Waals surface area contributed by atoms with E-state index < -0.39 is 0 Å². The first kappa shape index (κ1) is 13.3. The summed E-state index contributed by atoms with van der Waals surface area (Å²) in [5.74, 6) is 0. The van der Waals surface area contributed by atoms with Gasteiger partial charge in [-0.05, 0) is 43.4 Å². The molecule has 1 aromatic carbocycles. The normalized spacial score (nSPS) is 16.1. The van der Waals surface area contributed by atoms with Crippen molar-refractivity contribution in [2.75, 3.05) is 0 Å². The van der Waals surface area contributed by atoms with Gasteiger partial charge in [0.05, 0.1) is 18.0 Å². The van der Waals surface area contributed by atoms with Crippen LogP contribution in [0.5, 0.6) is 0 Å². The quantitative estimate of drug-likeness (QED) is 0.615. The van der Waals surface area contributed by atoms with Gasteiger partial charge in [0.1, 0.15) is 5.00 Å². The molecule has 3 heterocycles. The van der Waals surface area contributed by atoms with Crippen LogP contribution >= 0.6 is 11.3 Å². The highest BCUT2D eigenvalue weighted by Gasteiger charge is 2.25. The number of benzene rings is 1. The van der Waals surface area contributed by atoms with Gasteiger partial charge in [-0.3, -0.25) is 4.99 Å². The van der Waals surface area contributed by atoms with Crippen molar-refractivity contribution in [3.63, 3.8) is 0 Å². The lowest BCUT2D eigenvalue weighted by molar-refractivity contribution is 0.691.